The fraction of sp³-hybridized carbons (Fsp3) is 0.840. The number of nitrogens with zero attached hydrogens (tertiary/aromatic N) is 2. The summed E-state index contributed by atoms with van der Waals surface area (Å²) < 4.78 is 6.49. The van der Waals surface area contributed by atoms with Crippen LogP contribution in [0.3, 0.4) is 0 Å². The fourth-order valence-electron chi connectivity index (χ4n) is 6.00. The first kappa shape index (κ1) is 22.6. The second-order valence-electron chi connectivity index (χ2n) is 10.4. The molecule has 6 heteroatoms. The van der Waals surface area contributed by atoms with E-state index in [0.29, 0.717) is 18.8 Å². The second kappa shape index (κ2) is 10.8. The van der Waals surface area contributed by atoms with Crippen molar-refractivity contribution in [1.29, 1.82) is 0 Å². The zero-order valence-corrected chi connectivity index (χ0v) is 19.5. The van der Waals surface area contributed by atoms with Crippen molar-refractivity contribution >= 4 is 6.03 Å². The average molecular weight is 431 g/mol. The normalized spacial score (nSPS) is 30.5. The molecule has 1 aliphatic heterocycles. The minimum absolute atomic E-state index is 0.0588. The maximum Gasteiger partial charge on any atom is 0.317 e. The van der Waals surface area contributed by atoms with Crippen LogP contribution in [0.1, 0.15) is 96.1 Å². The van der Waals surface area contributed by atoms with Crippen molar-refractivity contribution in [3.05, 3.63) is 18.0 Å². The van der Waals surface area contributed by atoms with Gasteiger partial charge in [-0.3, -0.25) is 5.10 Å². The van der Waals surface area contributed by atoms with E-state index in [4.69, 9.17) is 4.74 Å². The molecular weight excluding hydrogens is 388 g/mol. The van der Waals surface area contributed by atoms with Crippen molar-refractivity contribution in [2.45, 2.75) is 109 Å². The number of carbonyl (C=O) groups excluding carboxylic acids is 1. The molecule has 2 heterocycles. The summed E-state index contributed by atoms with van der Waals surface area (Å²) in [5.74, 6) is 1.84. The summed E-state index contributed by atoms with van der Waals surface area (Å²) in [6, 6.07) is 2.56. The lowest BCUT2D eigenvalue weighted by Crippen LogP contribution is -2.55. The van der Waals surface area contributed by atoms with Crippen molar-refractivity contribution in [2.24, 2.45) is 11.8 Å². The van der Waals surface area contributed by atoms with Crippen molar-refractivity contribution in [1.82, 2.24) is 20.4 Å². The summed E-state index contributed by atoms with van der Waals surface area (Å²) in [6.45, 7) is 6.11. The summed E-state index contributed by atoms with van der Waals surface area (Å²) in [5, 5.41) is 10.8. The molecule has 3 aliphatic rings. The number of carbonyl (C=O) groups is 1. The van der Waals surface area contributed by atoms with Gasteiger partial charge >= 0.3 is 6.03 Å². The number of aromatic amines is 1. The van der Waals surface area contributed by atoms with Gasteiger partial charge in [0.1, 0.15) is 0 Å². The smallest absolute Gasteiger partial charge is 0.317 e. The Morgan fingerprint density at radius 3 is 2.58 bits per heavy atom. The van der Waals surface area contributed by atoms with Gasteiger partial charge in [0.15, 0.2) is 0 Å². The average Bonchev–Trinajstić information content (AvgIpc) is 3.33. The predicted octanol–water partition coefficient (Wildman–Crippen LogP) is 5.23. The highest BCUT2D eigenvalue weighted by Gasteiger charge is 2.38. The molecule has 3 fully saturated rings. The van der Waals surface area contributed by atoms with Crippen LogP contribution in [0.5, 0.6) is 0 Å². The van der Waals surface area contributed by atoms with E-state index in [-0.39, 0.29) is 18.0 Å². The van der Waals surface area contributed by atoms with E-state index in [1.807, 2.05) is 6.20 Å². The molecule has 2 aliphatic carbocycles. The molecule has 0 bridgehead atoms. The molecule has 2 N–H and O–H groups in total. The van der Waals surface area contributed by atoms with E-state index in [9.17, 15) is 4.79 Å². The number of hydrogen-bond donors (Lipinski definition) is 2. The maximum absolute atomic E-state index is 13.3. The van der Waals surface area contributed by atoms with E-state index in [0.717, 1.165) is 62.6 Å². The van der Waals surface area contributed by atoms with Gasteiger partial charge in [0.25, 0.3) is 0 Å². The molecule has 6 nitrogen and oxygen atoms in total. The van der Waals surface area contributed by atoms with Crippen molar-refractivity contribution in [3.63, 3.8) is 0 Å². The number of rotatable bonds is 6. The Labute approximate surface area is 187 Å². The van der Waals surface area contributed by atoms with Gasteiger partial charge in [-0.1, -0.05) is 33.1 Å². The first-order valence-corrected chi connectivity index (χ1v) is 12.8. The zero-order chi connectivity index (χ0) is 21.6. The molecule has 174 valence electrons. The molecule has 2 saturated carbocycles. The SMILES string of the molecule is CC(C)C1CCC(OCC2C(c3cc[nH]n3)CCCN2C(=O)NC2CCCCC2)CC1. The van der Waals surface area contributed by atoms with Crippen molar-refractivity contribution in [3.8, 4) is 0 Å². The first-order chi connectivity index (χ1) is 15.1. The molecule has 0 radical (unpaired) electrons. The zero-order valence-electron chi connectivity index (χ0n) is 19.5. The van der Waals surface area contributed by atoms with Crippen LogP contribution in [-0.4, -0.2) is 52.5 Å². The number of nitrogens with one attached hydrogen (secondary N) is 2. The van der Waals surface area contributed by atoms with E-state index >= 15 is 0 Å². The summed E-state index contributed by atoms with van der Waals surface area (Å²) in [5.41, 5.74) is 1.06. The molecule has 0 aromatic carbocycles. The Morgan fingerprint density at radius 1 is 1.13 bits per heavy atom. The molecule has 31 heavy (non-hydrogen) atoms. The van der Waals surface area contributed by atoms with Gasteiger partial charge in [0.2, 0.25) is 0 Å². The Morgan fingerprint density at radius 2 is 1.90 bits per heavy atom. The third-order valence-corrected chi connectivity index (χ3v) is 8.04. The first-order valence-electron chi connectivity index (χ1n) is 12.8. The molecule has 1 aromatic heterocycles. The summed E-state index contributed by atoms with van der Waals surface area (Å²) >= 11 is 0. The van der Waals surface area contributed by atoms with Crippen molar-refractivity contribution < 1.29 is 9.53 Å². The van der Waals surface area contributed by atoms with E-state index in [1.165, 1.54) is 32.1 Å². The highest BCUT2D eigenvalue weighted by Crippen LogP contribution is 2.35. The van der Waals surface area contributed by atoms with Crippen LogP contribution in [0.4, 0.5) is 4.79 Å². The molecular formula is C25H42N4O2. The lowest BCUT2D eigenvalue weighted by molar-refractivity contribution is -0.0241. The Hall–Kier alpha value is -1.56. The van der Waals surface area contributed by atoms with Crippen LogP contribution < -0.4 is 5.32 Å². The summed E-state index contributed by atoms with van der Waals surface area (Å²) in [4.78, 5) is 15.4. The van der Waals surface area contributed by atoms with Crippen LogP contribution in [0, 0.1) is 11.8 Å². The molecule has 0 spiro atoms. The molecule has 2 amide bonds. The van der Waals surface area contributed by atoms with Gasteiger partial charge in [-0.25, -0.2) is 4.79 Å². The topological polar surface area (TPSA) is 70.2 Å². The molecule has 2 unspecified atom stereocenters. The van der Waals surface area contributed by atoms with Gasteiger partial charge in [-0.15, -0.1) is 0 Å². The predicted molar refractivity (Wildman–Crippen MR) is 123 cm³/mol. The third kappa shape index (κ3) is 5.82. The number of H-pyrrole nitrogens is 1. The van der Waals surface area contributed by atoms with E-state index < -0.39 is 0 Å². The number of amides is 2. The van der Waals surface area contributed by atoms with Gasteiger partial charge in [-0.05, 0) is 69.3 Å². The number of hydrogen-bond acceptors (Lipinski definition) is 3. The van der Waals surface area contributed by atoms with Crippen LogP contribution in [-0.2, 0) is 4.74 Å². The summed E-state index contributed by atoms with van der Waals surface area (Å²) in [7, 11) is 0. The van der Waals surface area contributed by atoms with Crippen LogP contribution in [0.25, 0.3) is 0 Å². The Bertz CT molecular complexity index is 663. The Kier molecular flexibility index (Phi) is 7.91. The number of likely N-dealkylation sites (tertiary alicyclic amines) is 1. The van der Waals surface area contributed by atoms with Crippen LogP contribution >= 0.6 is 0 Å². The molecule has 2 atom stereocenters. The Balaban J connectivity index is 1.40. The minimum Gasteiger partial charge on any atom is -0.376 e. The number of piperidine rings is 1. The highest BCUT2D eigenvalue weighted by molar-refractivity contribution is 5.75. The maximum atomic E-state index is 13.3. The monoisotopic (exact) mass is 430 g/mol. The van der Waals surface area contributed by atoms with Gasteiger partial charge in [0, 0.05) is 24.7 Å². The van der Waals surface area contributed by atoms with Crippen LogP contribution in [0.15, 0.2) is 12.3 Å². The second-order valence-corrected chi connectivity index (χ2v) is 10.4. The largest absolute Gasteiger partial charge is 0.376 e. The quantitative estimate of drug-likeness (QED) is 0.649. The molecule has 1 aromatic rings. The van der Waals surface area contributed by atoms with E-state index in [1.54, 1.807) is 0 Å². The van der Waals surface area contributed by atoms with Gasteiger partial charge in [-0.2, -0.15) is 5.10 Å². The molecule has 1 saturated heterocycles. The minimum atomic E-state index is 0.0588. The highest BCUT2D eigenvalue weighted by atomic mass is 16.5. The fourth-order valence-corrected chi connectivity index (χ4v) is 6.00. The van der Waals surface area contributed by atoms with Crippen molar-refractivity contribution in [2.75, 3.05) is 13.2 Å². The van der Waals surface area contributed by atoms with Crippen LogP contribution in [0.2, 0.25) is 0 Å². The lowest BCUT2D eigenvalue weighted by Gasteiger charge is -2.42. The number of urea groups is 1. The lowest BCUT2D eigenvalue weighted by atomic mass is 9.80. The van der Waals surface area contributed by atoms with Gasteiger partial charge < -0.3 is 15.0 Å². The standard InChI is InChI=1S/C25H42N4O2/c1-18(2)19-10-12-21(13-11-19)31-17-24-22(23-14-15-26-28-23)9-6-16-29(24)25(30)27-20-7-4-3-5-8-20/h14-15,18-22,24H,3-13,16-17H2,1-2H3,(H,26,28)(H,27,30). The number of aromatic nitrogens is 2. The summed E-state index contributed by atoms with van der Waals surface area (Å²) in [6.07, 6.45) is 15.1. The molecule has 4 rings (SSSR count). The number of ether oxygens (including phenoxy) is 1. The van der Waals surface area contributed by atoms with Gasteiger partial charge in [0.05, 0.1) is 24.4 Å². The third-order valence-electron chi connectivity index (χ3n) is 8.04. The van der Waals surface area contributed by atoms with E-state index in [2.05, 4.69) is 40.3 Å².